The maximum absolute atomic E-state index is 12.4. The summed E-state index contributed by atoms with van der Waals surface area (Å²) in [6.45, 7) is 2.00. The van der Waals surface area contributed by atoms with Crippen molar-refractivity contribution in [3.05, 3.63) is 52.8 Å². The zero-order valence-electron chi connectivity index (χ0n) is 17.2. The number of carbonyl (C=O) groups is 1. The Balaban J connectivity index is 1.81. The molecule has 0 radical (unpaired) electrons. The first-order chi connectivity index (χ1) is 15.0. The van der Waals surface area contributed by atoms with Gasteiger partial charge in [0.25, 0.3) is 0 Å². The first kappa shape index (κ1) is 23.9. The van der Waals surface area contributed by atoms with Gasteiger partial charge in [0.2, 0.25) is 15.9 Å². The number of nitrogens with two attached hydrogens (primary N) is 1. The maximum Gasteiger partial charge on any atom is 0.248 e. The van der Waals surface area contributed by atoms with Crippen molar-refractivity contribution in [1.29, 1.82) is 0 Å². The van der Waals surface area contributed by atoms with Gasteiger partial charge in [0.05, 0.1) is 32.3 Å². The Morgan fingerprint density at radius 2 is 1.78 bits per heavy atom. The number of sulfone groups is 1. The van der Waals surface area contributed by atoms with Crippen molar-refractivity contribution < 1.29 is 21.6 Å². The van der Waals surface area contributed by atoms with E-state index in [1.807, 2.05) is 6.92 Å². The molecule has 32 heavy (non-hydrogen) atoms. The van der Waals surface area contributed by atoms with Crippen molar-refractivity contribution in [2.45, 2.75) is 36.1 Å². The zero-order valence-corrected chi connectivity index (χ0v) is 19.6. The zero-order chi connectivity index (χ0) is 23.5. The first-order valence-corrected chi connectivity index (χ1v) is 13.5. The molecule has 0 spiro atoms. The molecule has 2 N–H and O–H groups in total. The van der Waals surface area contributed by atoms with Crippen molar-refractivity contribution in [3.63, 3.8) is 0 Å². The summed E-state index contributed by atoms with van der Waals surface area (Å²) in [4.78, 5) is 16.9. The largest absolute Gasteiger partial charge is 0.305 e. The van der Waals surface area contributed by atoms with Gasteiger partial charge in [0, 0.05) is 6.42 Å². The van der Waals surface area contributed by atoms with Gasteiger partial charge in [-0.1, -0.05) is 35.0 Å². The topological polar surface area (TPSA) is 129 Å². The summed E-state index contributed by atoms with van der Waals surface area (Å²) >= 11 is 1.10. The third-order valence-corrected chi connectivity index (χ3v) is 8.40. The lowest BCUT2D eigenvalue weighted by molar-refractivity contribution is -0.118. The molecule has 1 amide bonds. The number of hydrogen-bond donors (Lipinski definition) is 1. The van der Waals surface area contributed by atoms with Crippen LogP contribution in [-0.2, 0) is 31.2 Å². The summed E-state index contributed by atoms with van der Waals surface area (Å²) in [7, 11) is -7.38. The molecule has 0 saturated heterocycles. The van der Waals surface area contributed by atoms with Crippen LogP contribution in [0.3, 0.4) is 0 Å². The Kier molecular flexibility index (Phi) is 7.00. The van der Waals surface area contributed by atoms with E-state index in [4.69, 9.17) is 11.6 Å². The van der Waals surface area contributed by atoms with E-state index < -0.39 is 25.8 Å². The fourth-order valence-electron chi connectivity index (χ4n) is 3.00. The van der Waals surface area contributed by atoms with E-state index in [1.165, 1.54) is 12.1 Å². The molecule has 1 heterocycles. The van der Waals surface area contributed by atoms with Crippen LogP contribution in [-0.4, -0.2) is 33.1 Å². The monoisotopic (exact) mass is 491 g/mol. The molecule has 0 aliphatic rings. The Bertz CT molecular complexity index is 1490. The molecule has 0 fully saturated rings. The Morgan fingerprint density at radius 1 is 1.12 bits per heavy atom. The molecule has 0 aliphatic heterocycles. The van der Waals surface area contributed by atoms with Gasteiger partial charge in [-0.3, -0.25) is 4.79 Å². The number of amides is 1. The van der Waals surface area contributed by atoms with E-state index in [9.17, 15) is 21.6 Å². The Labute approximate surface area is 190 Å². The highest BCUT2D eigenvalue weighted by Crippen LogP contribution is 2.21. The molecule has 3 rings (SSSR count). The number of nitrogens with zero attached hydrogens (tertiary/aromatic N) is 2. The van der Waals surface area contributed by atoms with Gasteiger partial charge in [-0.15, -0.1) is 6.42 Å². The quantitative estimate of drug-likeness (QED) is 0.505. The number of thiazole rings is 1. The molecule has 8 nitrogen and oxygen atoms in total. The lowest BCUT2D eigenvalue weighted by atomic mass is 10.2. The summed E-state index contributed by atoms with van der Waals surface area (Å²) < 4.78 is 50.2. The number of carbonyl (C=O) groups excluding carboxylic acids is 1. The number of primary sulfonamides is 1. The minimum Gasteiger partial charge on any atom is -0.305 e. The molecule has 11 heteroatoms. The highest BCUT2D eigenvalue weighted by atomic mass is 32.2. The van der Waals surface area contributed by atoms with Crippen LogP contribution in [0.15, 0.2) is 57.2 Å². The SMILES string of the molecule is C#CCn1c(=NC(=O)CCCS(=O)(=O)c2ccc(C)cc2)sc2cc(S(N)(=O)=O)ccc21. The number of terminal acetylenes is 1. The van der Waals surface area contributed by atoms with E-state index in [1.54, 1.807) is 34.9 Å². The smallest absolute Gasteiger partial charge is 0.248 e. The first-order valence-electron chi connectivity index (χ1n) is 9.48. The number of benzene rings is 2. The van der Waals surface area contributed by atoms with Gasteiger partial charge in [-0.25, -0.2) is 22.0 Å². The van der Waals surface area contributed by atoms with Crippen molar-refractivity contribution in [1.82, 2.24) is 4.57 Å². The van der Waals surface area contributed by atoms with Crippen LogP contribution in [0.25, 0.3) is 10.2 Å². The fourth-order valence-corrected chi connectivity index (χ4v) is 6.01. The lowest BCUT2D eigenvalue weighted by Gasteiger charge is -2.04. The summed E-state index contributed by atoms with van der Waals surface area (Å²) in [5.74, 6) is 1.81. The van der Waals surface area contributed by atoms with E-state index in [0.29, 0.717) is 15.0 Å². The highest BCUT2D eigenvalue weighted by molar-refractivity contribution is 7.91. The molecular weight excluding hydrogens is 470 g/mol. The molecule has 0 unspecified atom stereocenters. The molecule has 0 aliphatic carbocycles. The predicted octanol–water partition coefficient (Wildman–Crippen LogP) is 1.97. The molecule has 0 atom stereocenters. The minimum absolute atomic E-state index is 0.0571. The molecule has 2 aromatic carbocycles. The van der Waals surface area contributed by atoms with Gasteiger partial charge >= 0.3 is 0 Å². The van der Waals surface area contributed by atoms with Crippen LogP contribution < -0.4 is 9.94 Å². The molecular formula is C21H21N3O5S3. The van der Waals surface area contributed by atoms with Gasteiger partial charge in [0.1, 0.15) is 0 Å². The fraction of sp³-hybridized carbons (Fsp3) is 0.238. The normalized spacial score (nSPS) is 12.7. The lowest BCUT2D eigenvalue weighted by Crippen LogP contribution is -2.17. The van der Waals surface area contributed by atoms with Gasteiger partial charge < -0.3 is 4.57 Å². The third kappa shape index (κ3) is 5.52. The van der Waals surface area contributed by atoms with Crippen LogP contribution in [0.5, 0.6) is 0 Å². The molecule has 0 bridgehead atoms. The Hall–Kier alpha value is -2.78. The minimum atomic E-state index is -3.88. The number of fused-ring (bicyclic) bond motifs is 1. The van der Waals surface area contributed by atoms with Crippen LogP contribution in [0, 0.1) is 19.3 Å². The number of sulfonamides is 1. The van der Waals surface area contributed by atoms with Crippen molar-refractivity contribution >= 4 is 47.3 Å². The van der Waals surface area contributed by atoms with Crippen molar-refractivity contribution in [2.75, 3.05) is 5.75 Å². The number of hydrogen-bond acceptors (Lipinski definition) is 6. The van der Waals surface area contributed by atoms with Crippen molar-refractivity contribution in [2.24, 2.45) is 10.1 Å². The average Bonchev–Trinajstić information content (AvgIpc) is 3.04. The van der Waals surface area contributed by atoms with E-state index in [2.05, 4.69) is 10.9 Å². The predicted molar refractivity (Wildman–Crippen MR) is 123 cm³/mol. The standard InChI is InChI=1S/C21H21N3O5S3/c1-3-12-24-18-11-10-17(32(22,28)29)14-19(18)30-21(24)23-20(25)5-4-13-31(26,27)16-8-6-15(2)7-9-16/h1,6-11,14H,4-5,12-13H2,2H3,(H2,22,28,29). The molecule has 1 aromatic heterocycles. The second-order valence-corrected chi connectivity index (χ2v) is 11.8. The molecule has 3 aromatic rings. The average molecular weight is 492 g/mol. The second-order valence-electron chi connectivity index (χ2n) is 7.09. The number of aryl methyl sites for hydroxylation is 1. The van der Waals surface area contributed by atoms with Crippen LogP contribution in [0.1, 0.15) is 18.4 Å². The van der Waals surface area contributed by atoms with Crippen LogP contribution in [0.4, 0.5) is 0 Å². The highest BCUT2D eigenvalue weighted by Gasteiger charge is 2.16. The van der Waals surface area contributed by atoms with E-state index >= 15 is 0 Å². The van der Waals surface area contributed by atoms with Crippen molar-refractivity contribution in [3.8, 4) is 12.3 Å². The summed E-state index contributed by atoms with van der Waals surface area (Å²) in [5, 5.41) is 5.18. The maximum atomic E-state index is 12.4. The summed E-state index contributed by atoms with van der Waals surface area (Å²) in [5.41, 5.74) is 1.58. The van der Waals surface area contributed by atoms with Crippen LogP contribution in [0.2, 0.25) is 0 Å². The number of rotatable bonds is 7. The molecule has 168 valence electrons. The summed E-state index contributed by atoms with van der Waals surface area (Å²) in [6, 6.07) is 10.9. The second kappa shape index (κ2) is 9.38. The number of aromatic nitrogens is 1. The van der Waals surface area contributed by atoms with Gasteiger partial charge in [0.15, 0.2) is 14.6 Å². The third-order valence-electron chi connectivity index (χ3n) is 4.64. The van der Waals surface area contributed by atoms with Gasteiger partial charge in [-0.2, -0.15) is 4.99 Å². The molecule has 0 saturated carbocycles. The Morgan fingerprint density at radius 3 is 2.41 bits per heavy atom. The summed E-state index contributed by atoms with van der Waals surface area (Å²) in [6.07, 6.45) is 5.49. The van der Waals surface area contributed by atoms with E-state index in [0.717, 1.165) is 16.9 Å². The van der Waals surface area contributed by atoms with Gasteiger partial charge in [-0.05, 0) is 43.7 Å². The van der Waals surface area contributed by atoms with Crippen LogP contribution >= 0.6 is 11.3 Å². The van der Waals surface area contributed by atoms with E-state index in [-0.39, 0.29) is 34.9 Å².